The number of likely N-dealkylation sites (tertiary alicyclic amines) is 1. The Kier molecular flexibility index (Phi) is 6.84. The molecule has 2 saturated heterocycles. The molecule has 0 saturated carbocycles. The van der Waals surface area contributed by atoms with Gasteiger partial charge in [0, 0.05) is 102 Å². The minimum Gasteiger partial charge on any atom is -0.503 e. The maximum Gasteiger partial charge on any atom is 0.250 e. The number of aromatic nitrogens is 2. The predicted octanol–water partition coefficient (Wildman–Crippen LogP) is 1.92. The summed E-state index contributed by atoms with van der Waals surface area (Å²) in [4.78, 5) is 32.4. The number of pyridine rings is 2. The Morgan fingerprint density at radius 1 is 0.854 bits per heavy atom. The third-order valence-corrected chi connectivity index (χ3v) is 9.26. The van der Waals surface area contributed by atoms with Crippen molar-refractivity contribution in [1.29, 1.82) is 0 Å². The number of benzene rings is 1. The van der Waals surface area contributed by atoms with Crippen molar-refractivity contribution in [2.45, 2.75) is 38.5 Å². The molecule has 41 heavy (non-hydrogen) atoms. The highest BCUT2D eigenvalue weighted by Gasteiger charge is 2.35. The SMILES string of the molecule is Cn1c(CN2C[C@@H]3C[C@H](C2)c2cccc(=O)n2C3)cc(=O)c(O)c1CN1CCN(Cc2ccc3c(c2)OCO3)CC1. The summed E-state index contributed by atoms with van der Waals surface area (Å²) in [5.41, 5.74) is 3.68. The van der Waals surface area contributed by atoms with Gasteiger partial charge in [0.25, 0.3) is 5.56 Å². The van der Waals surface area contributed by atoms with Crippen LogP contribution in [0.1, 0.15) is 35.0 Å². The minimum atomic E-state index is -0.316. The number of aromatic hydroxyl groups is 1. The van der Waals surface area contributed by atoms with E-state index in [1.165, 1.54) is 5.56 Å². The summed E-state index contributed by atoms with van der Waals surface area (Å²) in [6.07, 6.45) is 1.10. The molecule has 10 nitrogen and oxygen atoms in total. The van der Waals surface area contributed by atoms with Crippen LogP contribution < -0.4 is 20.5 Å². The molecular formula is C31H37N5O5. The molecule has 0 spiro atoms. The van der Waals surface area contributed by atoms with Crippen molar-refractivity contribution in [1.82, 2.24) is 23.8 Å². The molecule has 7 rings (SSSR count). The Bertz CT molecular complexity index is 1570. The summed E-state index contributed by atoms with van der Waals surface area (Å²) in [5, 5.41) is 10.8. The van der Waals surface area contributed by atoms with Gasteiger partial charge in [-0.15, -0.1) is 0 Å². The molecule has 1 aromatic carbocycles. The first kappa shape index (κ1) is 26.3. The van der Waals surface area contributed by atoms with Gasteiger partial charge in [0.05, 0.1) is 5.69 Å². The van der Waals surface area contributed by atoms with Crippen molar-refractivity contribution < 1.29 is 14.6 Å². The van der Waals surface area contributed by atoms with Gasteiger partial charge >= 0.3 is 0 Å². The van der Waals surface area contributed by atoms with Crippen LogP contribution in [0.5, 0.6) is 17.2 Å². The standard InChI is InChI=1S/C31H37N5O5/c1-32-24(18-35-15-22-11-23(17-35)25-3-2-4-30(38)36(25)16-22)13-27(37)31(39)26(32)19-34-9-7-33(8-10-34)14-21-5-6-28-29(12-21)41-20-40-28/h2-6,12-13,22-23,39H,7-11,14-20H2,1H3/t22-,23+/m0/s1. The quantitative estimate of drug-likeness (QED) is 0.490. The molecule has 1 N–H and O–H groups in total. The van der Waals surface area contributed by atoms with Crippen molar-refractivity contribution in [2.24, 2.45) is 13.0 Å². The van der Waals surface area contributed by atoms with Crippen molar-refractivity contribution in [3.05, 3.63) is 85.7 Å². The molecule has 0 amide bonds. The van der Waals surface area contributed by atoms with Gasteiger partial charge in [-0.3, -0.25) is 24.3 Å². The van der Waals surface area contributed by atoms with E-state index in [2.05, 4.69) is 32.9 Å². The number of nitrogens with zero attached hydrogens (tertiary/aromatic N) is 5. The van der Waals surface area contributed by atoms with Gasteiger partial charge in [-0.05, 0) is 36.1 Å². The highest BCUT2D eigenvalue weighted by atomic mass is 16.7. The van der Waals surface area contributed by atoms with Crippen molar-refractivity contribution in [3.8, 4) is 17.2 Å². The molecule has 2 atom stereocenters. The highest BCUT2D eigenvalue weighted by molar-refractivity contribution is 5.44. The third-order valence-electron chi connectivity index (χ3n) is 9.26. The second-order valence-corrected chi connectivity index (χ2v) is 12.0. The van der Waals surface area contributed by atoms with Gasteiger partial charge in [-0.25, -0.2) is 0 Å². The first-order valence-corrected chi connectivity index (χ1v) is 14.6. The lowest BCUT2D eigenvalue weighted by molar-refractivity contribution is 0.110. The van der Waals surface area contributed by atoms with E-state index >= 15 is 0 Å². The molecule has 2 aromatic heterocycles. The van der Waals surface area contributed by atoms with Crippen LogP contribution in [-0.2, 0) is 33.2 Å². The van der Waals surface area contributed by atoms with E-state index in [9.17, 15) is 14.7 Å². The first-order valence-electron chi connectivity index (χ1n) is 14.6. The van der Waals surface area contributed by atoms with Gasteiger partial charge in [0.15, 0.2) is 17.2 Å². The third kappa shape index (κ3) is 5.16. The Labute approximate surface area is 238 Å². The number of piperidine rings is 1. The fraction of sp³-hybridized carbons (Fsp3) is 0.484. The largest absolute Gasteiger partial charge is 0.503 e. The summed E-state index contributed by atoms with van der Waals surface area (Å²) in [6, 6.07) is 13.3. The van der Waals surface area contributed by atoms with Gasteiger partial charge in [-0.1, -0.05) is 12.1 Å². The van der Waals surface area contributed by atoms with E-state index in [0.717, 1.165) is 81.7 Å². The number of rotatable bonds is 6. The van der Waals surface area contributed by atoms with E-state index in [-0.39, 0.29) is 23.5 Å². The van der Waals surface area contributed by atoms with Crippen LogP contribution in [0.2, 0.25) is 0 Å². The summed E-state index contributed by atoms with van der Waals surface area (Å²) >= 11 is 0. The molecule has 2 bridgehead atoms. The monoisotopic (exact) mass is 559 g/mol. The summed E-state index contributed by atoms with van der Waals surface area (Å²) in [6.45, 7) is 8.34. The zero-order valence-corrected chi connectivity index (χ0v) is 23.5. The number of piperazine rings is 1. The molecule has 0 unspecified atom stereocenters. The predicted molar refractivity (Wildman–Crippen MR) is 153 cm³/mol. The fourth-order valence-electron chi connectivity index (χ4n) is 7.09. The average Bonchev–Trinajstić information content (AvgIpc) is 3.44. The molecule has 2 fully saturated rings. The molecule has 216 valence electrons. The number of ether oxygens (including phenoxy) is 2. The molecule has 10 heteroatoms. The average molecular weight is 560 g/mol. The molecule has 0 radical (unpaired) electrons. The number of fused-ring (bicyclic) bond motifs is 5. The van der Waals surface area contributed by atoms with Gasteiger partial charge in [-0.2, -0.15) is 0 Å². The zero-order valence-electron chi connectivity index (χ0n) is 23.5. The van der Waals surface area contributed by atoms with Crippen LogP contribution >= 0.6 is 0 Å². The lowest BCUT2D eigenvalue weighted by Crippen LogP contribution is -2.47. The van der Waals surface area contributed by atoms with Crippen LogP contribution in [-0.4, -0.2) is 75.0 Å². The zero-order chi connectivity index (χ0) is 28.1. The maximum absolute atomic E-state index is 12.9. The summed E-state index contributed by atoms with van der Waals surface area (Å²) in [5.74, 6) is 2.20. The fourth-order valence-corrected chi connectivity index (χ4v) is 7.09. The van der Waals surface area contributed by atoms with E-state index in [4.69, 9.17) is 9.47 Å². The van der Waals surface area contributed by atoms with Crippen LogP contribution in [0, 0.1) is 5.92 Å². The Balaban J connectivity index is 1.01. The molecule has 4 aliphatic heterocycles. The molecular weight excluding hydrogens is 522 g/mol. The normalized spacial score (nSPS) is 22.6. The summed E-state index contributed by atoms with van der Waals surface area (Å²) in [7, 11) is 1.96. The Morgan fingerprint density at radius 2 is 1.63 bits per heavy atom. The molecule has 3 aromatic rings. The van der Waals surface area contributed by atoms with E-state index in [1.54, 1.807) is 12.1 Å². The van der Waals surface area contributed by atoms with Crippen LogP contribution in [0.15, 0.2) is 52.1 Å². The van der Waals surface area contributed by atoms with Gasteiger partial charge < -0.3 is 23.7 Å². The Morgan fingerprint density at radius 3 is 2.46 bits per heavy atom. The van der Waals surface area contributed by atoms with E-state index < -0.39 is 0 Å². The number of hydrogen-bond donors (Lipinski definition) is 1. The number of hydrogen-bond acceptors (Lipinski definition) is 8. The smallest absolute Gasteiger partial charge is 0.250 e. The molecule has 0 aliphatic carbocycles. The van der Waals surface area contributed by atoms with Gasteiger partial charge in [0.2, 0.25) is 12.2 Å². The van der Waals surface area contributed by atoms with Gasteiger partial charge in [0.1, 0.15) is 0 Å². The van der Waals surface area contributed by atoms with Crippen molar-refractivity contribution in [2.75, 3.05) is 46.1 Å². The lowest BCUT2D eigenvalue weighted by atomic mass is 9.83. The second kappa shape index (κ2) is 10.7. The van der Waals surface area contributed by atoms with Crippen LogP contribution in [0.25, 0.3) is 0 Å². The van der Waals surface area contributed by atoms with E-state index in [0.29, 0.717) is 30.6 Å². The molecule has 4 aliphatic rings. The maximum atomic E-state index is 12.9. The van der Waals surface area contributed by atoms with Crippen LogP contribution in [0.3, 0.4) is 0 Å². The topological polar surface area (TPSA) is 92.4 Å². The highest BCUT2D eigenvalue weighted by Crippen LogP contribution is 2.36. The molecule has 6 heterocycles. The minimum absolute atomic E-state index is 0.0880. The summed E-state index contributed by atoms with van der Waals surface area (Å²) < 4.78 is 14.9. The first-order chi connectivity index (χ1) is 19.9. The second-order valence-electron chi connectivity index (χ2n) is 12.0. The Hall–Kier alpha value is -3.60. The van der Waals surface area contributed by atoms with Crippen molar-refractivity contribution >= 4 is 0 Å². The van der Waals surface area contributed by atoms with E-state index in [1.807, 2.05) is 28.3 Å². The lowest BCUT2D eigenvalue weighted by Gasteiger charge is -2.43. The van der Waals surface area contributed by atoms with Crippen LogP contribution in [0.4, 0.5) is 0 Å². The van der Waals surface area contributed by atoms with Crippen molar-refractivity contribution in [3.63, 3.8) is 0 Å².